The predicted octanol–water partition coefficient (Wildman–Crippen LogP) is 6.83. The molecule has 1 aliphatic heterocycles. The lowest BCUT2D eigenvalue weighted by atomic mass is 9.85. The second-order valence-electron chi connectivity index (χ2n) is 10.4. The van der Waals surface area contributed by atoms with Gasteiger partial charge in [-0.1, -0.05) is 54.4 Å². The molecule has 2 aromatic rings. The van der Waals surface area contributed by atoms with Gasteiger partial charge < -0.3 is 19.5 Å². The normalized spacial score (nSPS) is 24.4. The fourth-order valence-electron chi connectivity index (χ4n) is 5.63. The highest BCUT2D eigenvalue weighted by atomic mass is 35.5. The molecule has 1 saturated carbocycles. The maximum atomic E-state index is 14.1. The number of nitrogens with zero attached hydrogens (tertiary/aromatic N) is 1. The number of hydrogen-bond donors (Lipinski definition) is 1. The molecule has 0 spiro atoms. The molecule has 5 nitrogen and oxygen atoms in total. The monoisotopic (exact) mass is 545 g/mol. The van der Waals surface area contributed by atoms with Crippen molar-refractivity contribution in [2.24, 2.45) is 5.92 Å². The van der Waals surface area contributed by atoms with Crippen molar-refractivity contribution in [1.29, 1.82) is 0 Å². The fraction of sp³-hybridized carbons (Fsp3) is 0.567. The number of amides is 1. The molecule has 1 aliphatic carbocycles. The highest BCUT2D eigenvalue weighted by Gasteiger charge is 2.37. The Bertz CT molecular complexity index is 1020. The molecule has 2 fully saturated rings. The first-order valence-electron chi connectivity index (χ1n) is 13.5. The SMILES string of the molecule is CSc1ccc([C@@H](CC2CCCC2OC2CCCCO2)C(=O)N(C)[C@H](C)[C@H](O)c2ccccc2)cc1Cl. The van der Waals surface area contributed by atoms with Gasteiger partial charge in [0.25, 0.3) is 0 Å². The van der Waals surface area contributed by atoms with Gasteiger partial charge in [-0.15, -0.1) is 11.8 Å². The Morgan fingerprint density at radius 3 is 2.59 bits per heavy atom. The second kappa shape index (κ2) is 13.5. The Morgan fingerprint density at radius 2 is 1.92 bits per heavy atom. The van der Waals surface area contributed by atoms with Crippen LogP contribution >= 0.6 is 23.4 Å². The smallest absolute Gasteiger partial charge is 0.230 e. The molecule has 6 atom stereocenters. The van der Waals surface area contributed by atoms with E-state index in [1.165, 1.54) is 0 Å². The summed E-state index contributed by atoms with van der Waals surface area (Å²) in [6.45, 7) is 2.66. The van der Waals surface area contributed by atoms with Crippen LogP contribution < -0.4 is 0 Å². The molecule has 1 heterocycles. The summed E-state index contributed by atoms with van der Waals surface area (Å²) in [5.74, 6) is -0.110. The maximum Gasteiger partial charge on any atom is 0.230 e. The van der Waals surface area contributed by atoms with Crippen LogP contribution in [-0.2, 0) is 14.3 Å². The van der Waals surface area contributed by atoms with Crippen molar-refractivity contribution in [1.82, 2.24) is 4.90 Å². The van der Waals surface area contributed by atoms with Crippen molar-refractivity contribution in [3.63, 3.8) is 0 Å². The Labute approximate surface area is 230 Å². The first-order chi connectivity index (χ1) is 17.9. The van der Waals surface area contributed by atoms with Gasteiger partial charge in [-0.25, -0.2) is 0 Å². The predicted molar refractivity (Wildman–Crippen MR) is 150 cm³/mol. The molecule has 0 bridgehead atoms. The van der Waals surface area contributed by atoms with Gasteiger partial charge in [-0.2, -0.15) is 0 Å². The summed E-state index contributed by atoms with van der Waals surface area (Å²) >= 11 is 8.19. The summed E-state index contributed by atoms with van der Waals surface area (Å²) < 4.78 is 12.3. The average Bonchev–Trinajstić information content (AvgIpc) is 3.37. The van der Waals surface area contributed by atoms with E-state index < -0.39 is 6.10 Å². The average molecular weight is 546 g/mol. The van der Waals surface area contributed by atoms with E-state index in [2.05, 4.69) is 0 Å². The number of carbonyl (C=O) groups excluding carboxylic acids is 1. The first-order valence-corrected chi connectivity index (χ1v) is 15.1. The lowest BCUT2D eigenvalue weighted by molar-refractivity contribution is -0.195. The van der Waals surface area contributed by atoms with Gasteiger partial charge in [0.15, 0.2) is 6.29 Å². The summed E-state index contributed by atoms with van der Waals surface area (Å²) in [7, 11) is 1.79. The summed E-state index contributed by atoms with van der Waals surface area (Å²) in [5.41, 5.74) is 1.72. The van der Waals surface area contributed by atoms with E-state index in [9.17, 15) is 9.90 Å². The lowest BCUT2D eigenvalue weighted by Crippen LogP contribution is -2.42. The zero-order chi connectivity index (χ0) is 26.4. The molecule has 2 aromatic carbocycles. The molecule has 37 heavy (non-hydrogen) atoms. The van der Waals surface area contributed by atoms with Crippen LogP contribution in [0, 0.1) is 5.92 Å². The van der Waals surface area contributed by atoms with E-state index in [0.717, 1.165) is 61.2 Å². The summed E-state index contributed by atoms with van der Waals surface area (Å²) in [5, 5.41) is 11.7. The minimum absolute atomic E-state index is 0.00462. The van der Waals surface area contributed by atoms with E-state index in [1.54, 1.807) is 23.7 Å². The summed E-state index contributed by atoms with van der Waals surface area (Å²) in [4.78, 5) is 16.8. The Kier molecular flexibility index (Phi) is 10.4. The van der Waals surface area contributed by atoms with Crippen molar-refractivity contribution in [2.45, 2.75) is 87.2 Å². The molecule has 1 saturated heterocycles. The Hall–Kier alpha value is -1.57. The van der Waals surface area contributed by atoms with Crippen molar-refractivity contribution in [3.05, 3.63) is 64.7 Å². The number of benzene rings is 2. The minimum atomic E-state index is -0.774. The fourth-order valence-corrected chi connectivity index (χ4v) is 6.51. The van der Waals surface area contributed by atoms with Crippen LogP contribution in [0.15, 0.2) is 53.4 Å². The largest absolute Gasteiger partial charge is 0.386 e. The van der Waals surface area contributed by atoms with Crippen LogP contribution in [0.25, 0.3) is 0 Å². The number of carbonyl (C=O) groups is 1. The topological polar surface area (TPSA) is 59.0 Å². The van der Waals surface area contributed by atoms with Crippen LogP contribution in [0.3, 0.4) is 0 Å². The lowest BCUT2D eigenvalue weighted by Gasteiger charge is -2.34. The number of ether oxygens (including phenoxy) is 2. The molecule has 0 radical (unpaired) electrons. The Morgan fingerprint density at radius 1 is 1.14 bits per heavy atom. The van der Waals surface area contributed by atoms with Gasteiger partial charge in [-0.3, -0.25) is 4.79 Å². The zero-order valence-corrected chi connectivity index (χ0v) is 23.7. The van der Waals surface area contributed by atoms with Crippen LogP contribution in [0.2, 0.25) is 5.02 Å². The van der Waals surface area contributed by atoms with Crippen LogP contribution in [0.5, 0.6) is 0 Å². The molecular formula is C30H40ClNO4S. The third kappa shape index (κ3) is 7.10. The molecule has 1 amide bonds. The van der Waals surface area contributed by atoms with Gasteiger partial charge >= 0.3 is 0 Å². The van der Waals surface area contributed by atoms with Gasteiger partial charge in [0.05, 0.1) is 29.2 Å². The van der Waals surface area contributed by atoms with Gasteiger partial charge in [0, 0.05) is 18.6 Å². The quantitative estimate of drug-likeness (QED) is 0.332. The van der Waals surface area contributed by atoms with Crippen molar-refractivity contribution in [3.8, 4) is 0 Å². The molecule has 3 unspecified atom stereocenters. The standard InChI is InChI=1S/C30H40ClNO4S/c1-20(29(33)21-10-5-4-6-11-21)32(2)30(34)24(22-15-16-27(37-3)25(31)19-22)18-23-12-9-13-26(23)36-28-14-7-8-17-35-28/h4-6,10-11,15-16,19-20,23-24,26,28-29,33H,7-9,12-14,17-18H2,1-3H3/t20-,23?,24-,26?,28?,29+/m1/s1. The summed E-state index contributed by atoms with van der Waals surface area (Å²) in [6.07, 6.45) is 8.16. The van der Waals surface area contributed by atoms with Gasteiger partial charge in [0.2, 0.25) is 5.91 Å². The van der Waals surface area contributed by atoms with E-state index in [-0.39, 0.29) is 36.2 Å². The zero-order valence-electron chi connectivity index (χ0n) is 22.1. The number of aliphatic hydroxyl groups excluding tert-OH is 1. The highest BCUT2D eigenvalue weighted by molar-refractivity contribution is 7.98. The van der Waals surface area contributed by atoms with E-state index in [1.807, 2.05) is 61.7 Å². The number of aliphatic hydroxyl groups is 1. The molecule has 1 N–H and O–H groups in total. The maximum absolute atomic E-state index is 14.1. The second-order valence-corrected chi connectivity index (χ2v) is 11.6. The molecule has 4 rings (SSSR count). The summed E-state index contributed by atoms with van der Waals surface area (Å²) in [6, 6.07) is 15.1. The molecular weight excluding hydrogens is 506 g/mol. The molecule has 202 valence electrons. The molecule has 0 aromatic heterocycles. The van der Waals surface area contributed by atoms with E-state index >= 15 is 0 Å². The van der Waals surface area contributed by atoms with Gasteiger partial charge in [0.1, 0.15) is 0 Å². The minimum Gasteiger partial charge on any atom is -0.386 e. The molecule has 7 heteroatoms. The first kappa shape index (κ1) is 28.4. The van der Waals surface area contributed by atoms with E-state index in [4.69, 9.17) is 21.1 Å². The third-order valence-corrected chi connectivity index (χ3v) is 9.25. The number of likely N-dealkylation sites (N-methyl/N-ethyl adjacent to an activating group) is 1. The Balaban J connectivity index is 1.55. The van der Waals surface area contributed by atoms with Crippen molar-refractivity contribution in [2.75, 3.05) is 19.9 Å². The van der Waals surface area contributed by atoms with Gasteiger partial charge in [-0.05, 0) is 80.9 Å². The molecule has 2 aliphatic rings. The van der Waals surface area contributed by atoms with Crippen molar-refractivity contribution < 1.29 is 19.4 Å². The third-order valence-electron chi connectivity index (χ3n) is 8.03. The number of halogens is 1. The number of rotatable bonds is 10. The highest BCUT2D eigenvalue weighted by Crippen LogP contribution is 2.40. The van der Waals surface area contributed by atoms with E-state index in [0.29, 0.717) is 11.4 Å². The van der Waals surface area contributed by atoms with Crippen LogP contribution in [0.1, 0.15) is 75.0 Å². The number of thioether (sulfide) groups is 1. The van der Waals surface area contributed by atoms with Crippen LogP contribution in [-0.4, -0.2) is 54.3 Å². The van der Waals surface area contributed by atoms with Crippen LogP contribution in [0.4, 0.5) is 0 Å². The van der Waals surface area contributed by atoms with Crippen molar-refractivity contribution >= 4 is 29.3 Å². The number of hydrogen-bond acceptors (Lipinski definition) is 5.